The van der Waals surface area contributed by atoms with Gasteiger partial charge in [0.05, 0.1) is 6.20 Å². The van der Waals surface area contributed by atoms with Crippen LogP contribution in [0.3, 0.4) is 0 Å². The molecule has 4 rings (SSSR count). The molecule has 1 N–H and O–H groups in total. The fraction of sp³-hybridized carbons (Fsp3) is 0.150. The molecule has 0 bridgehead atoms. The van der Waals surface area contributed by atoms with Gasteiger partial charge in [-0.1, -0.05) is 36.4 Å². The number of benzene rings is 1. The topological polar surface area (TPSA) is 85.6 Å². The summed E-state index contributed by atoms with van der Waals surface area (Å²) in [4.78, 5) is 22.0. The molecule has 0 saturated heterocycles. The lowest BCUT2D eigenvalue weighted by atomic mass is 10.2. The van der Waals surface area contributed by atoms with E-state index in [9.17, 15) is 4.79 Å². The summed E-state index contributed by atoms with van der Waals surface area (Å²) in [5.41, 5.74) is 1.64. The molecule has 3 aromatic heterocycles. The van der Waals surface area contributed by atoms with E-state index in [1.165, 1.54) is 11.3 Å². The number of aromatic nitrogens is 5. The number of anilines is 1. The van der Waals surface area contributed by atoms with Gasteiger partial charge < -0.3 is 9.88 Å². The molecule has 0 aliphatic heterocycles. The van der Waals surface area contributed by atoms with E-state index in [1.54, 1.807) is 18.6 Å². The average Bonchev–Trinajstić information content (AvgIpc) is 3.39. The molecular weight excluding hydrogens is 372 g/mol. The Morgan fingerprint density at radius 3 is 2.71 bits per heavy atom. The minimum absolute atomic E-state index is 0.207. The predicted molar refractivity (Wildman–Crippen MR) is 109 cm³/mol. The number of pyridine rings is 1. The molecule has 0 fully saturated rings. The first-order chi connectivity index (χ1) is 13.6. The second kappa shape index (κ2) is 7.69. The smallest absolute Gasteiger partial charge is 0.268 e. The molecule has 0 atom stereocenters. The van der Waals surface area contributed by atoms with Gasteiger partial charge in [-0.25, -0.2) is 9.97 Å². The SMILES string of the molecule is CC(C)n1cnnc1-c1cccc(NC(=O)c2cnc(-c3ccccc3)s2)n1. The molecule has 0 aliphatic carbocycles. The number of nitrogens with zero attached hydrogens (tertiary/aromatic N) is 5. The van der Waals surface area contributed by atoms with Gasteiger partial charge >= 0.3 is 0 Å². The molecule has 0 spiro atoms. The van der Waals surface area contributed by atoms with Crippen molar-refractivity contribution in [2.45, 2.75) is 19.9 Å². The zero-order valence-corrected chi connectivity index (χ0v) is 16.2. The van der Waals surface area contributed by atoms with Crippen molar-refractivity contribution in [2.75, 3.05) is 5.32 Å². The van der Waals surface area contributed by atoms with E-state index in [1.807, 2.05) is 60.9 Å². The molecular formula is C20H18N6OS. The van der Waals surface area contributed by atoms with Gasteiger partial charge in [0.1, 0.15) is 27.7 Å². The van der Waals surface area contributed by atoms with Crippen LogP contribution in [-0.4, -0.2) is 30.6 Å². The molecule has 0 aliphatic rings. The van der Waals surface area contributed by atoms with E-state index < -0.39 is 0 Å². The minimum Gasteiger partial charge on any atom is -0.310 e. The van der Waals surface area contributed by atoms with Gasteiger partial charge in [0.2, 0.25) is 0 Å². The van der Waals surface area contributed by atoms with Gasteiger partial charge in [-0.2, -0.15) is 0 Å². The van der Waals surface area contributed by atoms with Crippen LogP contribution < -0.4 is 5.32 Å². The number of hydrogen-bond donors (Lipinski definition) is 1. The summed E-state index contributed by atoms with van der Waals surface area (Å²) in [5, 5.41) is 11.8. The molecule has 28 heavy (non-hydrogen) atoms. The maximum Gasteiger partial charge on any atom is 0.268 e. The molecule has 140 valence electrons. The van der Waals surface area contributed by atoms with Crippen molar-refractivity contribution in [1.82, 2.24) is 24.7 Å². The highest BCUT2D eigenvalue weighted by molar-refractivity contribution is 7.17. The van der Waals surface area contributed by atoms with Crippen LogP contribution in [0.25, 0.3) is 22.1 Å². The largest absolute Gasteiger partial charge is 0.310 e. The first-order valence-corrected chi connectivity index (χ1v) is 9.63. The summed E-state index contributed by atoms with van der Waals surface area (Å²) in [5.74, 6) is 0.875. The first kappa shape index (κ1) is 18.0. The van der Waals surface area contributed by atoms with Crippen molar-refractivity contribution in [1.29, 1.82) is 0 Å². The first-order valence-electron chi connectivity index (χ1n) is 8.81. The lowest BCUT2D eigenvalue weighted by Crippen LogP contribution is -2.12. The Labute approximate surface area is 166 Å². The Morgan fingerprint density at radius 1 is 1.11 bits per heavy atom. The zero-order valence-electron chi connectivity index (χ0n) is 15.4. The van der Waals surface area contributed by atoms with Gasteiger partial charge in [-0.05, 0) is 26.0 Å². The van der Waals surface area contributed by atoms with Crippen LogP contribution in [0.15, 0.2) is 61.1 Å². The van der Waals surface area contributed by atoms with E-state index in [4.69, 9.17) is 0 Å². The third-order valence-electron chi connectivity index (χ3n) is 4.10. The van der Waals surface area contributed by atoms with Crippen molar-refractivity contribution < 1.29 is 4.79 Å². The molecule has 3 heterocycles. The predicted octanol–water partition coefficient (Wildman–Crippen LogP) is 4.30. The Morgan fingerprint density at radius 2 is 1.93 bits per heavy atom. The Kier molecular flexibility index (Phi) is 4.94. The monoisotopic (exact) mass is 390 g/mol. The summed E-state index contributed by atoms with van der Waals surface area (Å²) in [6.07, 6.45) is 3.26. The van der Waals surface area contributed by atoms with Gasteiger partial charge in [0, 0.05) is 11.6 Å². The molecule has 0 unspecified atom stereocenters. The quantitative estimate of drug-likeness (QED) is 0.549. The third-order valence-corrected chi connectivity index (χ3v) is 5.14. The maximum atomic E-state index is 12.6. The summed E-state index contributed by atoms with van der Waals surface area (Å²) < 4.78 is 1.93. The number of thiazole rings is 1. The van der Waals surface area contributed by atoms with Crippen LogP contribution in [0, 0.1) is 0 Å². The van der Waals surface area contributed by atoms with Crippen molar-refractivity contribution in [3.63, 3.8) is 0 Å². The van der Waals surface area contributed by atoms with Gasteiger partial charge in [-0.3, -0.25) is 4.79 Å². The van der Waals surface area contributed by atoms with Crippen molar-refractivity contribution in [2.24, 2.45) is 0 Å². The van der Waals surface area contributed by atoms with E-state index >= 15 is 0 Å². The zero-order chi connectivity index (χ0) is 19.5. The highest BCUT2D eigenvalue weighted by atomic mass is 32.1. The maximum absolute atomic E-state index is 12.6. The van der Waals surface area contributed by atoms with Gasteiger partial charge in [-0.15, -0.1) is 21.5 Å². The normalized spacial score (nSPS) is 11.0. The molecule has 4 aromatic rings. The second-order valence-corrected chi connectivity index (χ2v) is 7.44. The van der Waals surface area contributed by atoms with Crippen LogP contribution in [0.1, 0.15) is 29.6 Å². The number of carbonyl (C=O) groups excluding carboxylic acids is 1. The van der Waals surface area contributed by atoms with Crippen molar-refractivity contribution in [3.05, 3.63) is 65.9 Å². The van der Waals surface area contributed by atoms with E-state index in [2.05, 4.69) is 25.5 Å². The van der Waals surface area contributed by atoms with E-state index in [0.717, 1.165) is 10.6 Å². The number of rotatable bonds is 5. The molecule has 7 nitrogen and oxygen atoms in total. The Bertz CT molecular complexity index is 1100. The van der Waals surface area contributed by atoms with Crippen molar-refractivity contribution >= 4 is 23.1 Å². The molecule has 8 heteroatoms. The van der Waals surface area contributed by atoms with E-state index in [0.29, 0.717) is 22.2 Å². The fourth-order valence-corrected chi connectivity index (χ4v) is 3.52. The second-order valence-electron chi connectivity index (χ2n) is 6.41. The van der Waals surface area contributed by atoms with Crippen LogP contribution in [0.4, 0.5) is 5.82 Å². The highest BCUT2D eigenvalue weighted by Crippen LogP contribution is 2.25. The standard InChI is InChI=1S/C20H18N6OS/c1-13(2)26-12-22-25-18(26)15-9-6-10-17(23-15)24-19(27)16-11-21-20(28-16)14-7-4-3-5-8-14/h3-13H,1-2H3,(H,23,24,27). The van der Waals surface area contributed by atoms with Crippen LogP contribution in [0.5, 0.6) is 0 Å². The highest BCUT2D eigenvalue weighted by Gasteiger charge is 2.15. The molecule has 0 radical (unpaired) electrons. The van der Waals surface area contributed by atoms with E-state index in [-0.39, 0.29) is 11.9 Å². The van der Waals surface area contributed by atoms with Crippen LogP contribution in [-0.2, 0) is 0 Å². The number of nitrogens with one attached hydrogen (secondary N) is 1. The number of amides is 1. The van der Waals surface area contributed by atoms with Crippen LogP contribution >= 0.6 is 11.3 Å². The Hall–Kier alpha value is -3.39. The lowest BCUT2D eigenvalue weighted by Gasteiger charge is -2.10. The van der Waals surface area contributed by atoms with Gasteiger partial charge in [0.25, 0.3) is 5.91 Å². The third kappa shape index (κ3) is 3.67. The fourth-order valence-electron chi connectivity index (χ4n) is 2.70. The number of hydrogen-bond acceptors (Lipinski definition) is 6. The molecule has 0 saturated carbocycles. The minimum atomic E-state index is -0.241. The number of carbonyl (C=O) groups is 1. The lowest BCUT2D eigenvalue weighted by molar-refractivity contribution is 0.103. The summed E-state index contributed by atoms with van der Waals surface area (Å²) in [7, 11) is 0. The van der Waals surface area contributed by atoms with Crippen molar-refractivity contribution in [3.8, 4) is 22.1 Å². The van der Waals surface area contributed by atoms with Crippen LogP contribution in [0.2, 0.25) is 0 Å². The summed E-state index contributed by atoms with van der Waals surface area (Å²) in [6.45, 7) is 4.10. The average molecular weight is 390 g/mol. The summed E-state index contributed by atoms with van der Waals surface area (Å²) >= 11 is 1.34. The molecule has 1 aromatic carbocycles. The Balaban J connectivity index is 1.54. The summed E-state index contributed by atoms with van der Waals surface area (Å²) in [6, 6.07) is 15.4. The molecule has 1 amide bonds. The van der Waals surface area contributed by atoms with Gasteiger partial charge in [0.15, 0.2) is 5.82 Å².